The molecule has 1 amide bonds. The first-order valence-corrected chi connectivity index (χ1v) is 7.59. The number of carbonyl (C=O) groups excluding carboxylic acids is 1. The van der Waals surface area contributed by atoms with E-state index in [1.165, 1.54) is 12.8 Å². The van der Waals surface area contributed by atoms with E-state index in [-0.39, 0.29) is 30.5 Å². The van der Waals surface area contributed by atoms with E-state index < -0.39 is 0 Å². The van der Waals surface area contributed by atoms with Crippen molar-refractivity contribution in [1.29, 1.82) is 0 Å². The summed E-state index contributed by atoms with van der Waals surface area (Å²) in [6.07, 6.45) is 3.70. The normalized spacial score (nSPS) is 35.2. The van der Waals surface area contributed by atoms with Crippen LogP contribution in [0.5, 0.6) is 0 Å². The van der Waals surface area contributed by atoms with Crippen LogP contribution in [0.2, 0.25) is 0 Å². The van der Waals surface area contributed by atoms with Crippen LogP contribution in [0.25, 0.3) is 0 Å². The van der Waals surface area contributed by atoms with Crippen molar-refractivity contribution in [3.63, 3.8) is 0 Å². The van der Waals surface area contributed by atoms with Crippen LogP contribution in [0.3, 0.4) is 0 Å². The van der Waals surface area contributed by atoms with Gasteiger partial charge >= 0.3 is 0 Å². The molecule has 4 unspecified atom stereocenters. The van der Waals surface area contributed by atoms with E-state index in [0.29, 0.717) is 24.3 Å². The highest BCUT2D eigenvalue weighted by molar-refractivity contribution is 7.99. The lowest BCUT2D eigenvalue weighted by Crippen LogP contribution is -2.47. The number of rotatable bonds is 4. The molecule has 106 valence electrons. The maximum atomic E-state index is 12.0. The van der Waals surface area contributed by atoms with Gasteiger partial charge in [-0.15, -0.1) is 12.4 Å². The Morgan fingerprint density at radius 3 is 2.89 bits per heavy atom. The molecule has 0 aromatic rings. The summed E-state index contributed by atoms with van der Waals surface area (Å²) in [5.74, 6) is 1.17. The van der Waals surface area contributed by atoms with Crippen LogP contribution in [0.4, 0.5) is 0 Å². The summed E-state index contributed by atoms with van der Waals surface area (Å²) in [6.45, 7) is 2.70. The molecule has 0 aromatic carbocycles. The smallest absolute Gasteiger partial charge is 0.237 e. The van der Waals surface area contributed by atoms with Gasteiger partial charge in [-0.3, -0.25) is 4.79 Å². The molecule has 1 heterocycles. The number of carbonyl (C=O) groups is 1. The monoisotopic (exact) mass is 294 g/mol. The molecule has 0 radical (unpaired) electrons. The van der Waals surface area contributed by atoms with Gasteiger partial charge < -0.3 is 15.7 Å². The zero-order chi connectivity index (χ0) is 12.3. The molecule has 18 heavy (non-hydrogen) atoms. The number of hydrogen-bond acceptors (Lipinski definition) is 4. The van der Waals surface area contributed by atoms with Crippen molar-refractivity contribution < 1.29 is 9.90 Å². The van der Waals surface area contributed by atoms with Crippen LogP contribution in [0, 0.1) is 0 Å². The first-order valence-electron chi connectivity index (χ1n) is 6.54. The quantitative estimate of drug-likeness (QED) is 0.722. The van der Waals surface area contributed by atoms with Crippen LogP contribution in [0.1, 0.15) is 32.6 Å². The Morgan fingerprint density at radius 1 is 1.50 bits per heavy atom. The Balaban J connectivity index is 0.00000162. The fraction of sp³-hybridized carbons (Fsp3) is 0.917. The maximum Gasteiger partial charge on any atom is 0.237 e. The number of nitrogens with one attached hydrogen (secondary N) is 2. The van der Waals surface area contributed by atoms with Gasteiger partial charge in [-0.1, -0.05) is 13.3 Å². The molecule has 6 heteroatoms. The summed E-state index contributed by atoms with van der Waals surface area (Å²) in [5.41, 5.74) is 0. The van der Waals surface area contributed by atoms with Crippen LogP contribution >= 0.6 is 24.2 Å². The first kappa shape index (κ1) is 16.1. The lowest BCUT2D eigenvalue weighted by atomic mass is 10.1. The van der Waals surface area contributed by atoms with Gasteiger partial charge in [0.1, 0.15) is 0 Å². The minimum absolute atomic E-state index is 0. The van der Waals surface area contributed by atoms with Crippen molar-refractivity contribution in [3.8, 4) is 0 Å². The van der Waals surface area contributed by atoms with Gasteiger partial charge in [0.25, 0.3) is 0 Å². The van der Waals surface area contributed by atoms with Gasteiger partial charge in [0.2, 0.25) is 5.91 Å². The fourth-order valence-corrected chi connectivity index (χ4v) is 3.90. The highest BCUT2D eigenvalue weighted by Gasteiger charge is 2.33. The number of aliphatic hydroxyl groups is 1. The number of thioether (sulfide) groups is 1. The maximum absolute atomic E-state index is 12.0. The van der Waals surface area contributed by atoms with E-state index in [1.807, 2.05) is 11.8 Å². The summed E-state index contributed by atoms with van der Waals surface area (Å²) in [7, 11) is 0. The number of aliphatic hydroxyl groups excluding tert-OH is 1. The minimum atomic E-state index is -0.366. The standard InChI is InChI=1S/C12H22N2O2S.ClH/c1-2-17-11-5-3-4-9(11)14-12(16)10-6-8(15)7-13-10;/h8-11,13,15H,2-7H2,1H3,(H,14,16);1H. The Labute approximate surface area is 119 Å². The lowest BCUT2D eigenvalue weighted by molar-refractivity contribution is -0.123. The van der Waals surface area contributed by atoms with E-state index in [0.717, 1.165) is 12.2 Å². The van der Waals surface area contributed by atoms with Gasteiger partial charge in [-0.05, 0) is 25.0 Å². The summed E-state index contributed by atoms with van der Waals surface area (Å²) in [6, 6.07) is 0.130. The Bertz CT molecular complexity index is 281. The molecule has 1 saturated carbocycles. The molecule has 2 fully saturated rings. The lowest BCUT2D eigenvalue weighted by Gasteiger charge is -2.22. The van der Waals surface area contributed by atoms with Crippen LogP contribution in [-0.2, 0) is 4.79 Å². The molecule has 4 atom stereocenters. The molecule has 0 bridgehead atoms. The Kier molecular flexibility index (Phi) is 6.77. The average molecular weight is 295 g/mol. The summed E-state index contributed by atoms with van der Waals surface area (Å²) in [5, 5.41) is 16.2. The van der Waals surface area contributed by atoms with E-state index in [4.69, 9.17) is 0 Å². The molecule has 1 aliphatic heterocycles. The summed E-state index contributed by atoms with van der Waals surface area (Å²) < 4.78 is 0. The molecular weight excluding hydrogens is 272 g/mol. The number of halogens is 1. The van der Waals surface area contributed by atoms with Crippen molar-refractivity contribution in [3.05, 3.63) is 0 Å². The third-order valence-corrected chi connectivity index (χ3v) is 4.91. The highest BCUT2D eigenvalue weighted by Crippen LogP contribution is 2.30. The van der Waals surface area contributed by atoms with E-state index >= 15 is 0 Å². The van der Waals surface area contributed by atoms with Crippen molar-refractivity contribution in [2.75, 3.05) is 12.3 Å². The van der Waals surface area contributed by atoms with Crippen molar-refractivity contribution >= 4 is 30.1 Å². The van der Waals surface area contributed by atoms with Gasteiger partial charge in [-0.25, -0.2) is 0 Å². The number of amides is 1. The van der Waals surface area contributed by atoms with Gasteiger partial charge in [0, 0.05) is 17.8 Å². The first-order chi connectivity index (χ1) is 8.20. The second-order valence-corrected chi connectivity index (χ2v) is 6.41. The average Bonchev–Trinajstić information content (AvgIpc) is 2.89. The third kappa shape index (κ3) is 4.02. The molecule has 3 N–H and O–H groups in total. The number of hydrogen-bond donors (Lipinski definition) is 3. The van der Waals surface area contributed by atoms with Gasteiger partial charge in [-0.2, -0.15) is 11.8 Å². The fourth-order valence-electron chi connectivity index (χ4n) is 2.70. The van der Waals surface area contributed by atoms with Gasteiger partial charge in [0.15, 0.2) is 0 Å². The van der Waals surface area contributed by atoms with E-state index in [1.54, 1.807) is 0 Å². The molecule has 2 aliphatic rings. The SMILES string of the molecule is CCSC1CCCC1NC(=O)C1CC(O)CN1.Cl. The van der Waals surface area contributed by atoms with Crippen molar-refractivity contribution in [1.82, 2.24) is 10.6 Å². The van der Waals surface area contributed by atoms with Crippen molar-refractivity contribution in [2.45, 2.75) is 56.0 Å². The zero-order valence-corrected chi connectivity index (χ0v) is 12.4. The van der Waals surface area contributed by atoms with Crippen LogP contribution in [-0.4, -0.2) is 46.7 Å². The largest absolute Gasteiger partial charge is 0.392 e. The minimum Gasteiger partial charge on any atom is -0.392 e. The third-order valence-electron chi connectivity index (χ3n) is 3.59. The Morgan fingerprint density at radius 2 is 2.28 bits per heavy atom. The molecule has 1 saturated heterocycles. The second kappa shape index (κ2) is 7.58. The second-order valence-electron chi connectivity index (χ2n) is 4.89. The van der Waals surface area contributed by atoms with E-state index in [2.05, 4.69) is 17.6 Å². The van der Waals surface area contributed by atoms with Crippen LogP contribution in [0.15, 0.2) is 0 Å². The highest BCUT2D eigenvalue weighted by atomic mass is 35.5. The molecule has 2 rings (SSSR count). The predicted octanol–water partition coefficient (Wildman–Crippen LogP) is 0.921. The molecule has 0 aromatic heterocycles. The van der Waals surface area contributed by atoms with Crippen LogP contribution < -0.4 is 10.6 Å². The molecule has 4 nitrogen and oxygen atoms in total. The Hall–Kier alpha value is 0.0300. The number of β-amino-alcohol motifs (C(OH)–C–C–N with tert-alkyl or cyclic N) is 1. The molecule has 1 aliphatic carbocycles. The predicted molar refractivity (Wildman–Crippen MR) is 77.4 cm³/mol. The summed E-state index contributed by atoms with van der Waals surface area (Å²) >= 11 is 1.95. The topological polar surface area (TPSA) is 61.4 Å². The zero-order valence-electron chi connectivity index (χ0n) is 10.7. The van der Waals surface area contributed by atoms with Crippen molar-refractivity contribution in [2.24, 2.45) is 0 Å². The molecule has 0 spiro atoms. The van der Waals surface area contributed by atoms with E-state index in [9.17, 15) is 9.90 Å². The summed E-state index contributed by atoms with van der Waals surface area (Å²) in [4.78, 5) is 12.0. The van der Waals surface area contributed by atoms with Gasteiger partial charge in [0.05, 0.1) is 12.1 Å². The molecular formula is C12H23ClN2O2S.